The zero-order valence-corrected chi connectivity index (χ0v) is 11.5. The number of aromatic hydroxyl groups is 1. The molecule has 20 heavy (non-hydrogen) atoms. The van der Waals surface area contributed by atoms with Gasteiger partial charge in [-0.15, -0.1) is 0 Å². The SMILES string of the molecule is CN(Cc1ccccc1)c1ccc2ccc(O)cc2c1. The van der Waals surface area contributed by atoms with Crippen molar-refractivity contribution in [3.63, 3.8) is 0 Å². The Bertz CT molecular complexity index is 722. The molecule has 0 heterocycles. The van der Waals surface area contributed by atoms with Crippen molar-refractivity contribution < 1.29 is 5.11 Å². The van der Waals surface area contributed by atoms with Crippen molar-refractivity contribution in [3.8, 4) is 5.75 Å². The molecule has 2 heteroatoms. The van der Waals surface area contributed by atoms with E-state index in [9.17, 15) is 5.11 Å². The molecule has 1 N–H and O–H groups in total. The van der Waals surface area contributed by atoms with Crippen LogP contribution >= 0.6 is 0 Å². The van der Waals surface area contributed by atoms with Crippen LogP contribution in [0.4, 0.5) is 5.69 Å². The molecular weight excluding hydrogens is 246 g/mol. The fourth-order valence-electron chi connectivity index (χ4n) is 2.41. The van der Waals surface area contributed by atoms with E-state index in [1.807, 2.05) is 12.1 Å². The first kappa shape index (κ1) is 12.5. The molecule has 0 aliphatic rings. The molecule has 0 unspecified atom stereocenters. The van der Waals surface area contributed by atoms with Crippen LogP contribution in [0.25, 0.3) is 10.8 Å². The maximum Gasteiger partial charge on any atom is 0.116 e. The minimum absolute atomic E-state index is 0.306. The zero-order chi connectivity index (χ0) is 13.9. The number of phenolic OH excluding ortho intramolecular Hbond substituents is 1. The van der Waals surface area contributed by atoms with E-state index in [2.05, 4.69) is 54.4 Å². The highest BCUT2D eigenvalue weighted by Crippen LogP contribution is 2.25. The van der Waals surface area contributed by atoms with E-state index in [-0.39, 0.29) is 0 Å². The van der Waals surface area contributed by atoms with Gasteiger partial charge in [0.2, 0.25) is 0 Å². The Morgan fingerprint density at radius 2 is 1.60 bits per heavy atom. The summed E-state index contributed by atoms with van der Waals surface area (Å²) in [5.74, 6) is 0.306. The lowest BCUT2D eigenvalue weighted by Crippen LogP contribution is -2.16. The van der Waals surface area contributed by atoms with Gasteiger partial charge in [0.05, 0.1) is 0 Å². The number of benzene rings is 3. The van der Waals surface area contributed by atoms with E-state index in [4.69, 9.17) is 0 Å². The van der Waals surface area contributed by atoms with Crippen molar-refractivity contribution in [2.24, 2.45) is 0 Å². The summed E-state index contributed by atoms with van der Waals surface area (Å²) < 4.78 is 0. The van der Waals surface area contributed by atoms with Crippen LogP contribution in [-0.2, 0) is 6.54 Å². The van der Waals surface area contributed by atoms with Crippen LogP contribution in [0.5, 0.6) is 5.75 Å². The lowest BCUT2D eigenvalue weighted by atomic mass is 10.1. The zero-order valence-electron chi connectivity index (χ0n) is 11.5. The van der Waals surface area contributed by atoms with Crippen LogP contribution in [0.2, 0.25) is 0 Å². The monoisotopic (exact) mass is 263 g/mol. The summed E-state index contributed by atoms with van der Waals surface area (Å²) in [6.07, 6.45) is 0. The summed E-state index contributed by atoms with van der Waals surface area (Å²) in [6.45, 7) is 0.866. The third-order valence-corrected chi connectivity index (χ3v) is 3.51. The van der Waals surface area contributed by atoms with Gasteiger partial charge < -0.3 is 10.0 Å². The van der Waals surface area contributed by atoms with Crippen LogP contribution in [-0.4, -0.2) is 12.2 Å². The molecule has 0 aromatic heterocycles. The molecule has 3 aromatic carbocycles. The molecule has 0 spiro atoms. The van der Waals surface area contributed by atoms with E-state index < -0.39 is 0 Å². The topological polar surface area (TPSA) is 23.5 Å². The molecule has 2 nitrogen and oxygen atoms in total. The normalized spacial score (nSPS) is 10.7. The summed E-state index contributed by atoms with van der Waals surface area (Å²) in [5, 5.41) is 11.8. The van der Waals surface area contributed by atoms with Gasteiger partial charge in [0.1, 0.15) is 5.75 Å². The Balaban J connectivity index is 1.89. The van der Waals surface area contributed by atoms with Gasteiger partial charge in [-0.25, -0.2) is 0 Å². The number of hydrogen-bond acceptors (Lipinski definition) is 2. The van der Waals surface area contributed by atoms with Crippen LogP contribution in [0.15, 0.2) is 66.7 Å². The van der Waals surface area contributed by atoms with E-state index >= 15 is 0 Å². The first-order valence-electron chi connectivity index (χ1n) is 6.70. The van der Waals surface area contributed by atoms with Gasteiger partial charge in [-0.1, -0.05) is 42.5 Å². The molecule has 0 atom stereocenters. The third-order valence-electron chi connectivity index (χ3n) is 3.51. The molecule has 0 fully saturated rings. The number of nitrogens with zero attached hydrogens (tertiary/aromatic N) is 1. The van der Waals surface area contributed by atoms with Gasteiger partial charge in [0.25, 0.3) is 0 Å². The van der Waals surface area contributed by atoms with E-state index in [1.54, 1.807) is 12.1 Å². The average Bonchev–Trinajstić information content (AvgIpc) is 2.47. The first-order valence-corrected chi connectivity index (χ1v) is 6.70. The maximum atomic E-state index is 9.58. The molecule has 0 saturated heterocycles. The second kappa shape index (κ2) is 5.25. The molecule has 0 radical (unpaired) electrons. The van der Waals surface area contributed by atoms with Gasteiger partial charge >= 0.3 is 0 Å². The quantitative estimate of drug-likeness (QED) is 0.766. The Hall–Kier alpha value is -2.48. The molecule has 0 aliphatic carbocycles. The van der Waals surface area contributed by atoms with Crippen LogP contribution in [0, 0.1) is 0 Å². The number of phenols is 1. The van der Waals surface area contributed by atoms with E-state index in [1.165, 1.54) is 5.56 Å². The summed E-state index contributed by atoms with van der Waals surface area (Å²) in [5.41, 5.74) is 2.43. The van der Waals surface area contributed by atoms with Crippen LogP contribution < -0.4 is 4.90 Å². The second-order valence-corrected chi connectivity index (χ2v) is 5.06. The maximum absolute atomic E-state index is 9.58. The van der Waals surface area contributed by atoms with E-state index in [0.29, 0.717) is 5.75 Å². The second-order valence-electron chi connectivity index (χ2n) is 5.06. The number of fused-ring (bicyclic) bond motifs is 1. The van der Waals surface area contributed by atoms with Crippen LogP contribution in [0.3, 0.4) is 0 Å². The standard InChI is InChI=1S/C18H17NO/c1-19(13-14-5-3-2-4-6-14)17-9-7-15-8-10-18(20)12-16(15)11-17/h2-12,20H,13H2,1H3. The number of anilines is 1. The minimum Gasteiger partial charge on any atom is -0.508 e. The molecule has 3 aromatic rings. The summed E-state index contributed by atoms with van der Waals surface area (Å²) in [7, 11) is 2.08. The minimum atomic E-state index is 0.306. The molecule has 0 amide bonds. The third kappa shape index (κ3) is 2.59. The molecular formula is C18H17NO. The Morgan fingerprint density at radius 1 is 0.850 bits per heavy atom. The smallest absolute Gasteiger partial charge is 0.116 e. The van der Waals surface area contributed by atoms with Gasteiger partial charge in [-0.05, 0) is 40.6 Å². The molecule has 0 saturated carbocycles. The molecule has 3 rings (SSSR count). The lowest BCUT2D eigenvalue weighted by Gasteiger charge is -2.20. The van der Waals surface area contributed by atoms with E-state index in [0.717, 1.165) is 23.0 Å². The number of hydrogen-bond donors (Lipinski definition) is 1. The Kier molecular flexibility index (Phi) is 3.30. The van der Waals surface area contributed by atoms with Crippen molar-refractivity contribution in [1.82, 2.24) is 0 Å². The highest BCUT2D eigenvalue weighted by Gasteiger charge is 2.04. The van der Waals surface area contributed by atoms with Crippen molar-refractivity contribution in [3.05, 3.63) is 72.3 Å². The Morgan fingerprint density at radius 3 is 2.40 bits per heavy atom. The summed E-state index contributed by atoms with van der Waals surface area (Å²) in [6, 6.07) is 22.2. The number of rotatable bonds is 3. The van der Waals surface area contributed by atoms with Crippen molar-refractivity contribution in [1.29, 1.82) is 0 Å². The lowest BCUT2D eigenvalue weighted by molar-refractivity contribution is 0.476. The predicted octanol–water partition coefficient (Wildman–Crippen LogP) is 4.18. The van der Waals surface area contributed by atoms with Gasteiger partial charge in [-0.3, -0.25) is 0 Å². The van der Waals surface area contributed by atoms with Crippen molar-refractivity contribution in [2.45, 2.75) is 6.54 Å². The first-order chi connectivity index (χ1) is 9.72. The molecule has 0 bridgehead atoms. The Labute approximate surface area is 118 Å². The fourth-order valence-corrected chi connectivity index (χ4v) is 2.41. The largest absolute Gasteiger partial charge is 0.508 e. The predicted molar refractivity (Wildman–Crippen MR) is 84.2 cm³/mol. The van der Waals surface area contributed by atoms with Crippen LogP contribution in [0.1, 0.15) is 5.56 Å². The van der Waals surface area contributed by atoms with Gasteiger partial charge in [0.15, 0.2) is 0 Å². The fraction of sp³-hybridized carbons (Fsp3) is 0.111. The highest BCUT2D eigenvalue weighted by atomic mass is 16.3. The van der Waals surface area contributed by atoms with Gasteiger partial charge in [0, 0.05) is 19.3 Å². The van der Waals surface area contributed by atoms with Crippen molar-refractivity contribution >= 4 is 16.5 Å². The van der Waals surface area contributed by atoms with Gasteiger partial charge in [-0.2, -0.15) is 0 Å². The average molecular weight is 263 g/mol. The molecule has 100 valence electrons. The summed E-state index contributed by atoms with van der Waals surface area (Å²) in [4.78, 5) is 2.21. The van der Waals surface area contributed by atoms with Crippen molar-refractivity contribution in [2.75, 3.05) is 11.9 Å². The molecule has 0 aliphatic heterocycles. The summed E-state index contributed by atoms with van der Waals surface area (Å²) >= 11 is 0. The highest BCUT2D eigenvalue weighted by molar-refractivity contribution is 5.87.